The molecule has 0 radical (unpaired) electrons. The molecule has 3 heterocycles. The Hall–Kier alpha value is -1.62. The zero-order valence-corrected chi connectivity index (χ0v) is 9.87. The van der Waals surface area contributed by atoms with Crippen molar-refractivity contribution in [3.63, 3.8) is 0 Å². The highest BCUT2D eigenvalue weighted by Gasteiger charge is 2.29. The molecule has 3 rings (SSSR count). The smallest absolute Gasteiger partial charge is 0.154 e. The summed E-state index contributed by atoms with van der Waals surface area (Å²) in [5.74, 6) is 0.907. The maximum atomic E-state index is 10.1. The molecule has 0 amide bonds. The van der Waals surface area contributed by atoms with Crippen LogP contribution in [0, 0.1) is 0 Å². The van der Waals surface area contributed by atoms with E-state index in [-0.39, 0.29) is 0 Å². The van der Waals surface area contributed by atoms with E-state index in [1.807, 2.05) is 23.7 Å². The Kier molecular flexibility index (Phi) is 2.29. The van der Waals surface area contributed by atoms with Crippen LogP contribution in [0.2, 0.25) is 0 Å². The molecule has 1 fully saturated rings. The van der Waals surface area contributed by atoms with Gasteiger partial charge in [0.2, 0.25) is 0 Å². The molecule has 2 aromatic rings. The average Bonchev–Trinajstić information content (AvgIpc) is 2.75. The summed E-state index contributed by atoms with van der Waals surface area (Å²) in [6, 6.07) is 1.95. The first-order valence-corrected chi connectivity index (χ1v) is 5.91. The number of aliphatic hydroxyl groups is 1. The van der Waals surface area contributed by atoms with Gasteiger partial charge in [-0.2, -0.15) is 5.10 Å². The van der Waals surface area contributed by atoms with Crippen molar-refractivity contribution in [2.45, 2.75) is 25.4 Å². The number of fused-ring (bicyclic) bond motifs is 1. The number of β-amino-alcohol motifs (C(OH)–C–C–N with tert-alkyl or cyclic N) is 1. The first-order valence-electron chi connectivity index (χ1n) is 5.91. The number of rotatable bonds is 1. The first-order chi connectivity index (χ1) is 8.16. The lowest BCUT2D eigenvalue weighted by Gasteiger charge is -2.37. The molecule has 0 bridgehead atoms. The third kappa shape index (κ3) is 1.86. The molecule has 1 aliphatic rings. The normalized spacial score (nSPS) is 25.4. The summed E-state index contributed by atoms with van der Waals surface area (Å²) in [4.78, 5) is 6.56. The lowest BCUT2D eigenvalue weighted by molar-refractivity contribution is 0.0448. The van der Waals surface area contributed by atoms with Gasteiger partial charge in [0.05, 0.1) is 11.8 Å². The van der Waals surface area contributed by atoms with Crippen LogP contribution in [-0.4, -0.2) is 38.4 Å². The molecule has 1 atom stereocenters. The highest BCUT2D eigenvalue weighted by Crippen LogP contribution is 2.26. The summed E-state index contributed by atoms with van der Waals surface area (Å²) >= 11 is 0. The van der Waals surface area contributed by atoms with Crippen molar-refractivity contribution in [3.05, 3.63) is 24.7 Å². The fourth-order valence-electron chi connectivity index (χ4n) is 2.49. The Morgan fingerprint density at radius 3 is 3.12 bits per heavy atom. The van der Waals surface area contributed by atoms with Gasteiger partial charge in [-0.1, -0.05) is 0 Å². The summed E-state index contributed by atoms with van der Waals surface area (Å²) in [6.07, 6.45) is 7.19. The van der Waals surface area contributed by atoms with Crippen molar-refractivity contribution in [2.75, 3.05) is 18.0 Å². The maximum Gasteiger partial charge on any atom is 0.154 e. The van der Waals surface area contributed by atoms with Crippen LogP contribution in [0.25, 0.3) is 5.52 Å². The number of piperidine rings is 1. The van der Waals surface area contributed by atoms with Crippen molar-refractivity contribution < 1.29 is 5.11 Å². The van der Waals surface area contributed by atoms with E-state index < -0.39 is 5.60 Å². The second-order valence-corrected chi connectivity index (χ2v) is 4.93. The lowest BCUT2D eigenvalue weighted by atomic mass is 9.95. The van der Waals surface area contributed by atoms with Crippen LogP contribution in [0.1, 0.15) is 19.8 Å². The van der Waals surface area contributed by atoms with E-state index in [1.54, 1.807) is 12.4 Å². The van der Waals surface area contributed by atoms with E-state index in [9.17, 15) is 5.11 Å². The number of hydrogen-bond donors (Lipinski definition) is 1. The minimum absolute atomic E-state index is 0.618. The van der Waals surface area contributed by atoms with Gasteiger partial charge in [-0.3, -0.25) is 0 Å². The first kappa shape index (κ1) is 10.5. The number of hydrogen-bond acceptors (Lipinski definition) is 4. The van der Waals surface area contributed by atoms with Crippen LogP contribution in [0.15, 0.2) is 24.7 Å². The summed E-state index contributed by atoms with van der Waals surface area (Å²) in [5.41, 5.74) is 0.373. The van der Waals surface area contributed by atoms with Crippen molar-refractivity contribution in [1.82, 2.24) is 14.6 Å². The van der Waals surface area contributed by atoms with Crippen LogP contribution in [0.5, 0.6) is 0 Å². The minimum atomic E-state index is -0.618. The second kappa shape index (κ2) is 3.70. The molecule has 0 aromatic carbocycles. The predicted octanol–water partition coefficient (Wildman–Crippen LogP) is 1.08. The molecule has 5 nitrogen and oxygen atoms in total. The molecule has 2 aromatic heterocycles. The molecule has 1 saturated heterocycles. The lowest BCUT2D eigenvalue weighted by Crippen LogP contribution is -2.46. The van der Waals surface area contributed by atoms with Crippen molar-refractivity contribution in [2.24, 2.45) is 0 Å². The summed E-state index contributed by atoms with van der Waals surface area (Å²) in [7, 11) is 0. The predicted molar refractivity (Wildman–Crippen MR) is 65.1 cm³/mol. The van der Waals surface area contributed by atoms with Crippen molar-refractivity contribution >= 4 is 11.3 Å². The highest BCUT2D eigenvalue weighted by atomic mass is 16.3. The van der Waals surface area contributed by atoms with Crippen LogP contribution < -0.4 is 4.90 Å². The van der Waals surface area contributed by atoms with Crippen LogP contribution in [-0.2, 0) is 0 Å². The molecule has 17 heavy (non-hydrogen) atoms. The number of aromatic nitrogens is 3. The monoisotopic (exact) mass is 232 g/mol. The van der Waals surface area contributed by atoms with E-state index in [1.165, 1.54) is 0 Å². The van der Waals surface area contributed by atoms with Crippen LogP contribution >= 0.6 is 0 Å². The van der Waals surface area contributed by atoms with Crippen LogP contribution in [0.3, 0.4) is 0 Å². The topological polar surface area (TPSA) is 53.7 Å². The summed E-state index contributed by atoms with van der Waals surface area (Å²) in [6.45, 7) is 3.45. The van der Waals surface area contributed by atoms with Gasteiger partial charge in [0.1, 0.15) is 5.52 Å². The number of anilines is 1. The van der Waals surface area contributed by atoms with Gasteiger partial charge in [-0.25, -0.2) is 9.50 Å². The van der Waals surface area contributed by atoms with Gasteiger partial charge >= 0.3 is 0 Å². The molecule has 1 aliphatic heterocycles. The van der Waals surface area contributed by atoms with Gasteiger partial charge in [0.15, 0.2) is 5.82 Å². The Labute approximate surface area is 99.7 Å². The van der Waals surface area contributed by atoms with Crippen molar-refractivity contribution in [3.8, 4) is 0 Å². The average molecular weight is 232 g/mol. The summed E-state index contributed by atoms with van der Waals surface area (Å²) in [5, 5.41) is 14.3. The maximum absolute atomic E-state index is 10.1. The molecule has 0 aliphatic carbocycles. The highest BCUT2D eigenvalue weighted by molar-refractivity contribution is 5.68. The summed E-state index contributed by atoms with van der Waals surface area (Å²) < 4.78 is 1.81. The third-order valence-corrected chi connectivity index (χ3v) is 3.28. The Balaban J connectivity index is 2.00. The minimum Gasteiger partial charge on any atom is -0.388 e. The molecule has 1 unspecified atom stereocenters. The fraction of sp³-hybridized carbons (Fsp3) is 0.500. The van der Waals surface area contributed by atoms with E-state index in [0.29, 0.717) is 6.54 Å². The molecule has 5 heteroatoms. The Morgan fingerprint density at radius 1 is 1.41 bits per heavy atom. The zero-order chi connectivity index (χ0) is 11.9. The molecule has 1 N–H and O–H groups in total. The molecule has 90 valence electrons. The Morgan fingerprint density at radius 2 is 2.29 bits per heavy atom. The zero-order valence-electron chi connectivity index (χ0n) is 9.87. The van der Waals surface area contributed by atoms with Gasteiger partial charge in [0, 0.05) is 25.5 Å². The van der Waals surface area contributed by atoms with Gasteiger partial charge in [-0.05, 0) is 25.8 Å². The Bertz CT molecular complexity index is 534. The standard InChI is InChI=1S/C12H16N4O/c1-12(17)4-2-7-15(9-12)11-10-3-5-14-16(10)8-6-13-11/h3,5-6,8,17H,2,4,7,9H2,1H3. The van der Waals surface area contributed by atoms with E-state index in [4.69, 9.17) is 0 Å². The van der Waals surface area contributed by atoms with Gasteiger partial charge < -0.3 is 10.0 Å². The second-order valence-electron chi connectivity index (χ2n) is 4.93. The molecular weight excluding hydrogens is 216 g/mol. The van der Waals surface area contributed by atoms with Gasteiger partial charge in [-0.15, -0.1) is 0 Å². The molecule has 0 saturated carbocycles. The van der Waals surface area contributed by atoms with Gasteiger partial charge in [0.25, 0.3) is 0 Å². The quantitative estimate of drug-likeness (QED) is 0.799. The van der Waals surface area contributed by atoms with E-state index >= 15 is 0 Å². The largest absolute Gasteiger partial charge is 0.388 e. The SMILES string of the molecule is CC1(O)CCCN(c2nccn3nccc23)C1. The van der Waals surface area contributed by atoms with Crippen molar-refractivity contribution in [1.29, 1.82) is 0 Å². The third-order valence-electron chi connectivity index (χ3n) is 3.28. The van der Waals surface area contributed by atoms with E-state index in [0.717, 1.165) is 30.7 Å². The van der Waals surface area contributed by atoms with Crippen LogP contribution in [0.4, 0.5) is 5.82 Å². The molecule has 0 spiro atoms. The number of nitrogens with zero attached hydrogens (tertiary/aromatic N) is 4. The molecular formula is C12H16N4O. The fourth-order valence-corrected chi connectivity index (χ4v) is 2.49. The van der Waals surface area contributed by atoms with E-state index in [2.05, 4.69) is 15.0 Å².